The molecule has 0 atom stereocenters. The van der Waals surface area contributed by atoms with Crippen molar-refractivity contribution < 1.29 is 13.2 Å². The second-order valence-electron chi connectivity index (χ2n) is 3.36. The number of carbonyl (C=O) groups excluding carboxylic acids is 1. The number of hydrogen-bond acceptors (Lipinski definition) is 3. The Hall–Kier alpha value is -0.360. The first kappa shape index (κ1) is 13.6. The van der Waals surface area contributed by atoms with Crippen LogP contribution in [0.4, 0.5) is 0 Å². The number of amides is 1. The highest BCUT2D eigenvalue weighted by atomic mass is 79.9. The van der Waals surface area contributed by atoms with Gasteiger partial charge in [0.25, 0.3) is 5.91 Å². The summed E-state index contributed by atoms with van der Waals surface area (Å²) in [5, 5.41) is 0. The van der Waals surface area contributed by atoms with Crippen LogP contribution in [0.15, 0.2) is 12.7 Å². The predicted octanol–water partition coefficient (Wildman–Crippen LogP) is 1.13. The summed E-state index contributed by atoms with van der Waals surface area (Å²) >= 11 is 3.12. The predicted molar refractivity (Wildman–Crippen MR) is 59.8 cm³/mol. The van der Waals surface area contributed by atoms with Gasteiger partial charge in [-0.2, -0.15) is 0 Å². The van der Waals surface area contributed by atoms with Crippen molar-refractivity contribution in [3.8, 4) is 0 Å². The molecule has 0 saturated heterocycles. The molecule has 0 aromatic carbocycles. The van der Waals surface area contributed by atoms with E-state index in [1.54, 1.807) is 13.8 Å². The Bertz CT molecular complexity index is 329. The normalized spacial score (nSPS) is 12.3. The zero-order chi connectivity index (χ0) is 11.6. The van der Waals surface area contributed by atoms with Crippen LogP contribution >= 0.6 is 15.9 Å². The van der Waals surface area contributed by atoms with Crippen molar-refractivity contribution in [2.45, 2.75) is 18.2 Å². The average molecular weight is 284 g/mol. The van der Waals surface area contributed by atoms with E-state index in [0.29, 0.717) is 0 Å². The van der Waals surface area contributed by atoms with Crippen LogP contribution in [0.1, 0.15) is 13.8 Å². The lowest BCUT2D eigenvalue weighted by Crippen LogP contribution is -2.44. The summed E-state index contributed by atoms with van der Waals surface area (Å²) in [6, 6.07) is 0. The Morgan fingerprint density at radius 3 is 2.21 bits per heavy atom. The zero-order valence-corrected chi connectivity index (χ0v) is 10.9. The summed E-state index contributed by atoms with van der Waals surface area (Å²) in [5.41, 5.74) is 0. The Kier molecular flexibility index (Phi) is 4.33. The van der Waals surface area contributed by atoms with Gasteiger partial charge >= 0.3 is 0 Å². The lowest BCUT2D eigenvalue weighted by Gasteiger charge is -2.25. The van der Waals surface area contributed by atoms with Crippen LogP contribution in [0.25, 0.3) is 0 Å². The average Bonchev–Trinajstić information content (AvgIpc) is 1.94. The van der Waals surface area contributed by atoms with Crippen LogP contribution in [0.2, 0.25) is 0 Å². The Labute approximate surface area is 93.2 Å². The van der Waals surface area contributed by atoms with Gasteiger partial charge in [0.05, 0.1) is 17.1 Å². The molecule has 0 aliphatic heterocycles. The van der Waals surface area contributed by atoms with E-state index in [0.717, 1.165) is 10.6 Å². The Morgan fingerprint density at radius 2 is 2.00 bits per heavy atom. The fourth-order valence-corrected chi connectivity index (χ4v) is 2.02. The highest BCUT2D eigenvalue weighted by Gasteiger charge is 2.33. The molecule has 6 heteroatoms. The summed E-state index contributed by atoms with van der Waals surface area (Å²) in [6.07, 6.45) is 2.37. The molecule has 82 valence electrons. The van der Waals surface area contributed by atoms with E-state index in [9.17, 15) is 13.2 Å². The molecule has 0 N–H and O–H groups in total. The molecular formula is C8H14BrNO3S. The molecule has 0 aliphatic rings. The summed E-state index contributed by atoms with van der Waals surface area (Å²) in [6.45, 7) is 6.59. The zero-order valence-electron chi connectivity index (χ0n) is 8.45. The summed E-state index contributed by atoms with van der Waals surface area (Å²) in [4.78, 5) is 11.7. The molecule has 0 radical (unpaired) electrons. The molecule has 4 nitrogen and oxygen atoms in total. The standard InChI is InChI=1S/C8H14BrNO3S/c1-5-6-10(14(4,12)13)7(11)8(2,3)9/h5H,1,6H2,2-4H3. The van der Waals surface area contributed by atoms with Crippen molar-refractivity contribution in [2.75, 3.05) is 12.8 Å². The summed E-state index contributed by atoms with van der Waals surface area (Å²) in [5.74, 6) is -0.500. The number of hydrogen-bond donors (Lipinski definition) is 0. The second-order valence-corrected chi connectivity index (χ2v) is 7.25. The third kappa shape index (κ3) is 3.79. The molecule has 0 unspecified atom stereocenters. The second kappa shape index (κ2) is 4.44. The first-order chi connectivity index (χ1) is 6.10. The minimum atomic E-state index is -3.53. The highest BCUT2D eigenvalue weighted by Crippen LogP contribution is 2.20. The lowest BCUT2D eigenvalue weighted by molar-refractivity contribution is -0.127. The van der Waals surface area contributed by atoms with Crippen molar-refractivity contribution in [3.63, 3.8) is 0 Å². The number of carbonyl (C=O) groups is 1. The summed E-state index contributed by atoms with van der Waals surface area (Å²) < 4.78 is 22.4. The quantitative estimate of drug-likeness (QED) is 0.574. The molecule has 0 fully saturated rings. The van der Waals surface area contributed by atoms with Crippen molar-refractivity contribution in [2.24, 2.45) is 0 Å². The molecule has 1 amide bonds. The molecule has 0 bridgehead atoms. The monoisotopic (exact) mass is 283 g/mol. The minimum absolute atomic E-state index is 0.00725. The van der Waals surface area contributed by atoms with Crippen molar-refractivity contribution in [1.29, 1.82) is 0 Å². The molecule has 14 heavy (non-hydrogen) atoms. The molecule has 0 heterocycles. The first-order valence-corrected chi connectivity index (χ1v) is 6.56. The van der Waals surface area contributed by atoms with Crippen LogP contribution in [0, 0.1) is 0 Å². The van der Waals surface area contributed by atoms with Gasteiger partial charge in [-0.25, -0.2) is 12.7 Å². The molecule has 0 aliphatic carbocycles. The SMILES string of the molecule is C=CCN(C(=O)C(C)(C)Br)S(C)(=O)=O. The van der Waals surface area contributed by atoms with Gasteiger partial charge in [0, 0.05) is 0 Å². The number of rotatable bonds is 4. The van der Waals surface area contributed by atoms with Gasteiger partial charge in [0.1, 0.15) is 0 Å². The van der Waals surface area contributed by atoms with E-state index < -0.39 is 20.3 Å². The molecule has 0 saturated carbocycles. The number of nitrogens with zero attached hydrogens (tertiary/aromatic N) is 1. The van der Waals surface area contributed by atoms with E-state index in [1.165, 1.54) is 6.08 Å². The third-order valence-corrected chi connectivity index (χ3v) is 2.89. The number of alkyl halides is 1. The van der Waals surface area contributed by atoms with E-state index in [2.05, 4.69) is 22.5 Å². The van der Waals surface area contributed by atoms with Crippen LogP contribution in [-0.2, 0) is 14.8 Å². The Morgan fingerprint density at radius 1 is 1.57 bits per heavy atom. The fourth-order valence-electron chi connectivity index (χ4n) is 0.783. The minimum Gasteiger partial charge on any atom is -0.272 e. The van der Waals surface area contributed by atoms with Crippen LogP contribution < -0.4 is 0 Å². The van der Waals surface area contributed by atoms with Gasteiger partial charge in [-0.15, -0.1) is 6.58 Å². The van der Waals surface area contributed by atoms with Gasteiger partial charge in [0.15, 0.2) is 0 Å². The van der Waals surface area contributed by atoms with Gasteiger partial charge in [-0.05, 0) is 13.8 Å². The largest absolute Gasteiger partial charge is 0.272 e. The number of sulfonamides is 1. The molecule has 0 aromatic rings. The molecule has 0 spiro atoms. The van der Waals surface area contributed by atoms with E-state index in [4.69, 9.17) is 0 Å². The van der Waals surface area contributed by atoms with Crippen LogP contribution in [0.5, 0.6) is 0 Å². The van der Waals surface area contributed by atoms with Crippen LogP contribution in [0.3, 0.4) is 0 Å². The highest BCUT2D eigenvalue weighted by molar-refractivity contribution is 9.10. The topological polar surface area (TPSA) is 54.5 Å². The first-order valence-electron chi connectivity index (χ1n) is 3.92. The van der Waals surface area contributed by atoms with Gasteiger partial charge in [0.2, 0.25) is 10.0 Å². The lowest BCUT2D eigenvalue weighted by atomic mass is 10.2. The van der Waals surface area contributed by atoms with Gasteiger partial charge in [-0.3, -0.25) is 4.79 Å². The van der Waals surface area contributed by atoms with Crippen molar-refractivity contribution >= 4 is 31.9 Å². The van der Waals surface area contributed by atoms with E-state index in [-0.39, 0.29) is 6.54 Å². The maximum Gasteiger partial charge on any atom is 0.252 e. The third-order valence-electron chi connectivity index (χ3n) is 1.43. The molecular weight excluding hydrogens is 270 g/mol. The maximum atomic E-state index is 11.7. The van der Waals surface area contributed by atoms with E-state index >= 15 is 0 Å². The fraction of sp³-hybridized carbons (Fsp3) is 0.625. The van der Waals surface area contributed by atoms with Gasteiger partial charge in [-0.1, -0.05) is 22.0 Å². The van der Waals surface area contributed by atoms with Gasteiger partial charge < -0.3 is 0 Å². The van der Waals surface area contributed by atoms with Crippen molar-refractivity contribution in [3.05, 3.63) is 12.7 Å². The molecule has 0 aromatic heterocycles. The smallest absolute Gasteiger partial charge is 0.252 e. The number of halogens is 1. The Balaban J connectivity index is 5.06. The maximum absolute atomic E-state index is 11.7. The van der Waals surface area contributed by atoms with E-state index in [1.807, 2.05) is 0 Å². The summed E-state index contributed by atoms with van der Waals surface area (Å²) in [7, 11) is -3.53. The molecule has 0 rings (SSSR count). The van der Waals surface area contributed by atoms with Crippen molar-refractivity contribution in [1.82, 2.24) is 4.31 Å². The van der Waals surface area contributed by atoms with Crippen LogP contribution in [-0.4, -0.2) is 35.8 Å².